The zero-order valence-corrected chi connectivity index (χ0v) is 10.3. The molecule has 6 heteroatoms. The average molecular weight is 262 g/mol. The molecule has 1 amide bonds. The SMILES string of the molecule is N#CCCN(CC(=O)O)C(=O)OCc1ccccc1. The lowest BCUT2D eigenvalue weighted by molar-refractivity contribution is -0.138. The molecule has 0 spiro atoms. The lowest BCUT2D eigenvalue weighted by atomic mass is 10.2. The zero-order valence-electron chi connectivity index (χ0n) is 10.3. The monoisotopic (exact) mass is 262 g/mol. The van der Waals surface area contributed by atoms with E-state index in [4.69, 9.17) is 15.1 Å². The first kappa shape index (κ1) is 14.5. The third-order valence-corrected chi connectivity index (χ3v) is 2.28. The molecule has 0 saturated carbocycles. The third kappa shape index (κ3) is 5.55. The van der Waals surface area contributed by atoms with Crippen LogP contribution < -0.4 is 0 Å². The second kappa shape index (κ2) is 7.71. The fourth-order valence-corrected chi connectivity index (χ4v) is 1.39. The van der Waals surface area contributed by atoms with Crippen LogP contribution in [0.3, 0.4) is 0 Å². The molecule has 0 unspecified atom stereocenters. The number of hydrogen-bond acceptors (Lipinski definition) is 4. The van der Waals surface area contributed by atoms with Gasteiger partial charge in [0, 0.05) is 6.54 Å². The summed E-state index contributed by atoms with van der Waals surface area (Å²) < 4.78 is 5.00. The third-order valence-electron chi connectivity index (χ3n) is 2.28. The fourth-order valence-electron chi connectivity index (χ4n) is 1.39. The van der Waals surface area contributed by atoms with Gasteiger partial charge in [0.25, 0.3) is 0 Å². The number of carbonyl (C=O) groups is 2. The summed E-state index contributed by atoms with van der Waals surface area (Å²) in [7, 11) is 0. The van der Waals surface area contributed by atoms with Crippen molar-refractivity contribution < 1.29 is 19.4 Å². The Labute approximate surface area is 110 Å². The molecular formula is C13H14N2O4. The van der Waals surface area contributed by atoms with Crippen LogP contribution in [0.2, 0.25) is 0 Å². The first-order valence-electron chi connectivity index (χ1n) is 5.68. The van der Waals surface area contributed by atoms with E-state index in [1.54, 1.807) is 12.1 Å². The summed E-state index contributed by atoms with van der Waals surface area (Å²) in [5.41, 5.74) is 0.811. The van der Waals surface area contributed by atoms with Gasteiger partial charge in [0.2, 0.25) is 0 Å². The number of rotatable bonds is 6. The molecule has 0 aromatic heterocycles. The Bertz CT molecular complexity index is 467. The number of amides is 1. The summed E-state index contributed by atoms with van der Waals surface area (Å²) in [6, 6.07) is 10.9. The summed E-state index contributed by atoms with van der Waals surface area (Å²) in [6.45, 7) is -0.367. The van der Waals surface area contributed by atoms with E-state index in [-0.39, 0.29) is 19.6 Å². The van der Waals surface area contributed by atoms with Crippen LogP contribution in [-0.2, 0) is 16.1 Å². The number of carbonyl (C=O) groups excluding carboxylic acids is 1. The summed E-state index contributed by atoms with van der Waals surface area (Å²) in [5.74, 6) is -1.14. The van der Waals surface area contributed by atoms with Gasteiger partial charge in [-0.15, -0.1) is 0 Å². The Balaban J connectivity index is 2.51. The first-order chi connectivity index (χ1) is 9.13. The molecule has 0 radical (unpaired) electrons. The number of benzene rings is 1. The van der Waals surface area contributed by atoms with E-state index in [1.807, 2.05) is 24.3 Å². The minimum atomic E-state index is -1.14. The van der Waals surface area contributed by atoms with Crippen molar-refractivity contribution in [3.8, 4) is 6.07 Å². The predicted octanol–water partition coefficient (Wildman–Crippen LogP) is 1.62. The molecule has 0 heterocycles. The van der Waals surface area contributed by atoms with Gasteiger partial charge in [-0.3, -0.25) is 9.69 Å². The Morgan fingerprint density at radius 3 is 2.58 bits per heavy atom. The lowest BCUT2D eigenvalue weighted by Gasteiger charge is -2.18. The number of ether oxygens (including phenoxy) is 1. The molecule has 0 fully saturated rings. The maximum atomic E-state index is 11.7. The highest BCUT2D eigenvalue weighted by atomic mass is 16.6. The lowest BCUT2D eigenvalue weighted by Crippen LogP contribution is -2.36. The van der Waals surface area contributed by atoms with Gasteiger partial charge in [0.1, 0.15) is 13.2 Å². The van der Waals surface area contributed by atoms with Gasteiger partial charge < -0.3 is 9.84 Å². The van der Waals surface area contributed by atoms with E-state index in [1.165, 1.54) is 0 Å². The van der Waals surface area contributed by atoms with E-state index < -0.39 is 18.6 Å². The molecular weight excluding hydrogens is 248 g/mol. The van der Waals surface area contributed by atoms with Crippen molar-refractivity contribution in [2.75, 3.05) is 13.1 Å². The number of nitrogens with zero attached hydrogens (tertiary/aromatic N) is 2. The predicted molar refractivity (Wildman–Crippen MR) is 66.1 cm³/mol. The molecule has 0 saturated heterocycles. The van der Waals surface area contributed by atoms with Crippen molar-refractivity contribution >= 4 is 12.1 Å². The zero-order chi connectivity index (χ0) is 14.1. The highest BCUT2D eigenvalue weighted by Crippen LogP contribution is 2.03. The van der Waals surface area contributed by atoms with Gasteiger partial charge in [-0.05, 0) is 5.56 Å². The van der Waals surface area contributed by atoms with Gasteiger partial charge in [-0.25, -0.2) is 4.79 Å². The maximum absolute atomic E-state index is 11.7. The number of nitriles is 1. The van der Waals surface area contributed by atoms with Crippen LogP contribution in [0.15, 0.2) is 30.3 Å². The van der Waals surface area contributed by atoms with Crippen molar-refractivity contribution in [3.63, 3.8) is 0 Å². The van der Waals surface area contributed by atoms with Crippen LogP contribution in [0.1, 0.15) is 12.0 Å². The van der Waals surface area contributed by atoms with Crippen LogP contribution in [0.25, 0.3) is 0 Å². The Hall–Kier alpha value is -2.55. The van der Waals surface area contributed by atoms with Gasteiger partial charge >= 0.3 is 12.1 Å². The van der Waals surface area contributed by atoms with E-state index in [9.17, 15) is 9.59 Å². The van der Waals surface area contributed by atoms with Gasteiger partial charge in [-0.2, -0.15) is 5.26 Å². The van der Waals surface area contributed by atoms with E-state index >= 15 is 0 Å². The van der Waals surface area contributed by atoms with Crippen LogP contribution in [0.4, 0.5) is 4.79 Å². The topological polar surface area (TPSA) is 90.6 Å². The number of carboxylic acid groups (broad SMARTS) is 1. The Morgan fingerprint density at radius 2 is 2.00 bits per heavy atom. The van der Waals surface area contributed by atoms with Gasteiger partial charge in [-0.1, -0.05) is 30.3 Å². The summed E-state index contributed by atoms with van der Waals surface area (Å²) >= 11 is 0. The highest BCUT2D eigenvalue weighted by molar-refractivity contribution is 5.76. The molecule has 1 aromatic carbocycles. The minimum absolute atomic E-state index is 0.0381. The molecule has 19 heavy (non-hydrogen) atoms. The summed E-state index contributed by atoms with van der Waals surface area (Å²) in [4.78, 5) is 23.3. The molecule has 6 nitrogen and oxygen atoms in total. The van der Waals surface area contributed by atoms with E-state index in [2.05, 4.69) is 0 Å². The second-order valence-electron chi connectivity index (χ2n) is 3.76. The summed E-state index contributed by atoms with van der Waals surface area (Å²) in [5, 5.41) is 17.1. The molecule has 0 aliphatic heterocycles. The van der Waals surface area contributed by atoms with Crippen LogP contribution in [-0.4, -0.2) is 35.2 Å². The molecule has 1 aromatic rings. The highest BCUT2D eigenvalue weighted by Gasteiger charge is 2.17. The molecule has 0 bridgehead atoms. The maximum Gasteiger partial charge on any atom is 0.410 e. The van der Waals surface area contributed by atoms with Crippen LogP contribution in [0, 0.1) is 11.3 Å². The fraction of sp³-hybridized carbons (Fsp3) is 0.308. The second-order valence-corrected chi connectivity index (χ2v) is 3.76. The van der Waals surface area contributed by atoms with Crippen molar-refractivity contribution in [1.82, 2.24) is 4.90 Å². The minimum Gasteiger partial charge on any atom is -0.480 e. The van der Waals surface area contributed by atoms with E-state index in [0.29, 0.717) is 0 Å². The molecule has 0 aliphatic rings. The van der Waals surface area contributed by atoms with Crippen LogP contribution in [0.5, 0.6) is 0 Å². The molecule has 100 valence electrons. The standard InChI is InChI=1S/C13H14N2O4/c14-7-4-8-15(9-12(16)17)13(18)19-10-11-5-2-1-3-6-11/h1-3,5-6H,4,8-10H2,(H,16,17). The molecule has 1 rings (SSSR count). The van der Waals surface area contributed by atoms with Crippen molar-refractivity contribution in [1.29, 1.82) is 5.26 Å². The number of hydrogen-bond donors (Lipinski definition) is 1. The number of aliphatic carboxylic acids is 1. The van der Waals surface area contributed by atoms with Gasteiger partial charge in [0.15, 0.2) is 0 Å². The average Bonchev–Trinajstić information content (AvgIpc) is 2.41. The smallest absolute Gasteiger partial charge is 0.410 e. The van der Waals surface area contributed by atoms with Crippen LogP contribution >= 0.6 is 0 Å². The molecule has 0 aliphatic carbocycles. The first-order valence-corrected chi connectivity index (χ1v) is 5.68. The largest absolute Gasteiger partial charge is 0.480 e. The molecule has 1 N–H and O–H groups in total. The van der Waals surface area contributed by atoms with E-state index in [0.717, 1.165) is 10.5 Å². The Kier molecular flexibility index (Phi) is 5.89. The van der Waals surface area contributed by atoms with Crippen molar-refractivity contribution in [2.24, 2.45) is 0 Å². The molecule has 0 atom stereocenters. The van der Waals surface area contributed by atoms with Crippen molar-refractivity contribution in [3.05, 3.63) is 35.9 Å². The summed E-state index contributed by atoms with van der Waals surface area (Å²) in [6.07, 6.45) is -0.672. The normalized spacial score (nSPS) is 9.42. The Morgan fingerprint density at radius 1 is 1.32 bits per heavy atom. The number of carboxylic acids is 1. The van der Waals surface area contributed by atoms with Crippen molar-refractivity contribution in [2.45, 2.75) is 13.0 Å². The quantitative estimate of drug-likeness (QED) is 0.841. The van der Waals surface area contributed by atoms with Gasteiger partial charge in [0.05, 0.1) is 12.5 Å².